The molecule has 1 aliphatic heterocycles. The van der Waals surface area contributed by atoms with Crippen molar-refractivity contribution in [3.8, 4) is 16.9 Å². The van der Waals surface area contributed by atoms with Crippen molar-refractivity contribution in [3.63, 3.8) is 0 Å². The van der Waals surface area contributed by atoms with E-state index in [0.29, 0.717) is 6.54 Å². The summed E-state index contributed by atoms with van der Waals surface area (Å²) in [4.78, 5) is 18.7. The maximum Gasteiger partial charge on any atom is 0.247 e. The lowest BCUT2D eigenvalue weighted by Gasteiger charge is -2.38. The van der Waals surface area contributed by atoms with E-state index in [1.807, 2.05) is 19.1 Å². The highest BCUT2D eigenvalue weighted by molar-refractivity contribution is 7.89. The molecule has 0 radical (unpaired) electrons. The molecular formula is C25H33N3O5S. The molecule has 1 aliphatic carbocycles. The first kappa shape index (κ1) is 24.6. The highest BCUT2D eigenvalue weighted by Crippen LogP contribution is 2.36. The average Bonchev–Trinajstić information content (AvgIpc) is 2.79. The van der Waals surface area contributed by atoms with Crippen LogP contribution in [0.2, 0.25) is 0 Å². The number of hydrogen-bond acceptors (Lipinski definition) is 6. The van der Waals surface area contributed by atoms with Crippen LogP contribution >= 0.6 is 0 Å². The van der Waals surface area contributed by atoms with Gasteiger partial charge in [0.2, 0.25) is 15.9 Å². The normalized spacial score (nSPS) is 23.5. The Morgan fingerprint density at radius 2 is 2.06 bits per heavy atom. The number of carbonyl (C=O) groups is 1. The first-order valence-electron chi connectivity index (χ1n) is 11.8. The summed E-state index contributed by atoms with van der Waals surface area (Å²) in [5.41, 5.74) is 1.63. The number of ether oxygens (including phenoxy) is 1. The van der Waals surface area contributed by atoms with Crippen LogP contribution in [0.4, 0.5) is 0 Å². The van der Waals surface area contributed by atoms with Crippen molar-refractivity contribution in [2.75, 3.05) is 26.7 Å². The van der Waals surface area contributed by atoms with Crippen molar-refractivity contribution in [2.24, 2.45) is 11.8 Å². The molecule has 0 spiro atoms. The molecule has 2 aliphatic rings. The van der Waals surface area contributed by atoms with Gasteiger partial charge in [0.15, 0.2) is 0 Å². The van der Waals surface area contributed by atoms with E-state index >= 15 is 0 Å². The van der Waals surface area contributed by atoms with Gasteiger partial charge in [0.1, 0.15) is 16.7 Å². The predicted molar refractivity (Wildman–Crippen MR) is 129 cm³/mol. The van der Waals surface area contributed by atoms with Crippen LogP contribution in [0.15, 0.2) is 47.6 Å². The van der Waals surface area contributed by atoms with Crippen molar-refractivity contribution < 1.29 is 23.1 Å². The van der Waals surface area contributed by atoms with Gasteiger partial charge in [-0.3, -0.25) is 9.78 Å². The molecule has 34 heavy (non-hydrogen) atoms. The van der Waals surface area contributed by atoms with Gasteiger partial charge < -0.3 is 14.7 Å². The van der Waals surface area contributed by atoms with Gasteiger partial charge in [0, 0.05) is 49.4 Å². The number of sulfonamides is 1. The summed E-state index contributed by atoms with van der Waals surface area (Å²) in [6.45, 7) is 3.87. The van der Waals surface area contributed by atoms with Gasteiger partial charge in [0.25, 0.3) is 0 Å². The van der Waals surface area contributed by atoms with E-state index in [9.17, 15) is 18.3 Å². The van der Waals surface area contributed by atoms with Gasteiger partial charge in [0.05, 0.1) is 13.2 Å². The van der Waals surface area contributed by atoms with Crippen LogP contribution in [0.5, 0.6) is 5.75 Å². The first-order chi connectivity index (χ1) is 16.2. The Labute approximate surface area is 201 Å². The Morgan fingerprint density at radius 1 is 1.29 bits per heavy atom. The fourth-order valence-corrected chi connectivity index (χ4v) is 6.31. The van der Waals surface area contributed by atoms with Crippen molar-refractivity contribution in [1.29, 1.82) is 0 Å². The van der Waals surface area contributed by atoms with Crippen LogP contribution < -0.4 is 4.74 Å². The van der Waals surface area contributed by atoms with Crippen LogP contribution in [0.25, 0.3) is 11.1 Å². The summed E-state index contributed by atoms with van der Waals surface area (Å²) in [6, 6.07) is 8.15. The van der Waals surface area contributed by atoms with Gasteiger partial charge in [-0.15, -0.1) is 0 Å². The molecule has 9 heteroatoms. The standard InChI is InChI=1S/C25H33N3O5S/c1-17-14-28(18(2)16-29)34(31,32)24-10-9-20(21-8-5-11-26-13-21)12-22(24)33-23(17)15-27(3)25(30)19-6-4-7-19/h5,8-13,17-19,23,29H,4,6-7,14-16H2,1-3H3/t17-,18+,23-/m1/s1. The van der Waals surface area contributed by atoms with E-state index in [2.05, 4.69) is 4.98 Å². The summed E-state index contributed by atoms with van der Waals surface area (Å²) in [5, 5.41) is 9.79. The summed E-state index contributed by atoms with van der Waals surface area (Å²) < 4.78 is 34.9. The van der Waals surface area contributed by atoms with Crippen LogP contribution in [0.3, 0.4) is 0 Å². The topological polar surface area (TPSA) is 100 Å². The number of carbonyl (C=O) groups excluding carboxylic acids is 1. The predicted octanol–water partition coefficient (Wildman–Crippen LogP) is 2.78. The quantitative estimate of drug-likeness (QED) is 0.673. The van der Waals surface area contributed by atoms with Crippen LogP contribution in [0.1, 0.15) is 33.1 Å². The van der Waals surface area contributed by atoms with Gasteiger partial charge >= 0.3 is 0 Å². The third-order valence-electron chi connectivity index (χ3n) is 6.95. The SMILES string of the molecule is C[C@@H]1CN([C@@H](C)CO)S(=O)(=O)c2ccc(-c3cccnc3)cc2O[C@@H]1CN(C)C(=O)C1CCC1. The van der Waals surface area contributed by atoms with Crippen molar-refractivity contribution in [1.82, 2.24) is 14.2 Å². The fraction of sp³-hybridized carbons (Fsp3) is 0.520. The molecule has 184 valence electrons. The first-order valence-corrected chi connectivity index (χ1v) is 13.2. The molecule has 1 N–H and O–H groups in total. The molecular weight excluding hydrogens is 454 g/mol. The lowest BCUT2D eigenvalue weighted by atomic mass is 9.84. The number of fused-ring (bicyclic) bond motifs is 1. The lowest BCUT2D eigenvalue weighted by Crippen LogP contribution is -2.50. The monoisotopic (exact) mass is 487 g/mol. The third kappa shape index (κ3) is 4.82. The second-order valence-electron chi connectivity index (χ2n) is 9.49. The minimum absolute atomic E-state index is 0.0605. The number of aliphatic hydroxyl groups is 1. The maximum absolute atomic E-state index is 13.6. The van der Waals surface area contributed by atoms with Crippen molar-refractivity contribution in [2.45, 2.75) is 50.2 Å². The number of aromatic nitrogens is 1. The van der Waals surface area contributed by atoms with E-state index in [4.69, 9.17) is 4.74 Å². The Hall–Kier alpha value is -2.49. The zero-order chi connectivity index (χ0) is 24.5. The molecule has 1 amide bonds. The molecule has 8 nitrogen and oxygen atoms in total. The number of nitrogens with zero attached hydrogens (tertiary/aromatic N) is 3. The molecule has 4 rings (SSSR count). The van der Waals surface area contributed by atoms with Crippen LogP contribution in [-0.2, 0) is 14.8 Å². The second-order valence-corrected chi connectivity index (χ2v) is 11.3. The number of likely N-dealkylation sites (N-methyl/N-ethyl adjacent to an activating group) is 1. The molecule has 1 saturated carbocycles. The molecule has 1 aromatic carbocycles. The molecule has 2 heterocycles. The highest BCUT2D eigenvalue weighted by atomic mass is 32.2. The van der Waals surface area contributed by atoms with E-state index in [0.717, 1.165) is 30.4 Å². The van der Waals surface area contributed by atoms with Gasteiger partial charge in [-0.25, -0.2) is 8.42 Å². The van der Waals surface area contributed by atoms with Crippen molar-refractivity contribution >= 4 is 15.9 Å². The Balaban J connectivity index is 1.74. The van der Waals surface area contributed by atoms with Gasteiger partial charge in [-0.2, -0.15) is 4.31 Å². The highest BCUT2D eigenvalue weighted by Gasteiger charge is 2.39. The third-order valence-corrected chi connectivity index (χ3v) is 8.97. The minimum Gasteiger partial charge on any atom is -0.487 e. The summed E-state index contributed by atoms with van der Waals surface area (Å²) in [6.07, 6.45) is 5.89. The molecule has 2 aromatic rings. The number of rotatable bonds is 6. The Bertz CT molecular complexity index is 1120. The summed E-state index contributed by atoms with van der Waals surface area (Å²) in [7, 11) is -2.13. The minimum atomic E-state index is -3.91. The van der Waals surface area contributed by atoms with E-state index in [1.165, 1.54) is 4.31 Å². The van der Waals surface area contributed by atoms with Gasteiger partial charge in [-0.1, -0.05) is 25.5 Å². The fourth-order valence-electron chi connectivity index (χ4n) is 4.48. The van der Waals surface area contributed by atoms with Gasteiger partial charge in [-0.05, 0) is 43.5 Å². The van der Waals surface area contributed by atoms with E-state index in [-0.39, 0.29) is 41.5 Å². The van der Waals surface area contributed by atoms with Crippen molar-refractivity contribution in [3.05, 3.63) is 42.7 Å². The largest absolute Gasteiger partial charge is 0.487 e. The molecule has 0 bridgehead atoms. The summed E-state index contributed by atoms with van der Waals surface area (Å²) in [5.74, 6) is 0.222. The zero-order valence-electron chi connectivity index (χ0n) is 19.9. The number of hydrogen-bond donors (Lipinski definition) is 1. The molecule has 0 saturated heterocycles. The molecule has 1 aromatic heterocycles. The smallest absolute Gasteiger partial charge is 0.247 e. The van der Waals surface area contributed by atoms with Crippen LogP contribution in [0, 0.1) is 11.8 Å². The van der Waals surface area contributed by atoms with E-state index in [1.54, 1.807) is 49.5 Å². The van der Waals surface area contributed by atoms with Crippen LogP contribution in [-0.4, -0.2) is 72.5 Å². The van der Waals surface area contributed by atoms with E-state index < -0.39 is 22.2 Å². The molecule has 1 fully saturated rings. The zero-order valence-corrected chi connectivity index (χ0v) is 20.7. The average molecular weight is 488 g/mol. The Morgan fingerprint density at radius 3 is 2.68 bits per heavy atom. The lowest BCUT2D eigenvalue weighted by molar-refractivity contribution is -0.138. The Kier molecular flexibility index (Phi) is 7.25. The number of aliphatic hydroxyl groups excluding tert-OH is 1. The maximum atomic E-state index is 13.6. The number of pyridine rings is 1. The summed E-state index contributed by atoms with van der Waals surface area (Å²) >= 11 is 0. The molecule has 3 atom stereocenters. The number of amides is 1. The number of benzene rings is 1. The second kappa shape index (κ2) is 10.0. The molecule has 0 unspecified atom stereocenters.